The molecule has 0 saturated heterocycles. The number of nitrogens with one attached hydrogen (secondary N) is 2. The van der Waals surface area contributed by atoms with Crippen LogP contribution in [-0.4, -0.2) is 26.9 Å². The Morgan fingerprint density at radius 3 is 2.68 bits per heavy atom. The van der Waals surface area contributed by atoms with E-state index in [4.69, 9.17) is 5.73 Å². The molecule has 6 nitrogen and oxygen atoms in total. The number of nitrogens with two attached hydrogens (primary N) is 1. The van der Waals surface area contributed by atoms with Crippen molar-refractivity contribution in [3.8, 4) is 0 Å². The lowest BCUT2D eigenvalue weighted by atomic mass is 10.3. The second-order valence-corrected chi connectivity index (χ2v) is 6.97. The van der Waals surface area contributed by atoms with Gasteiger partial charge in [-0.05, 0) is 47.0 Å². The van der Waals surface area contributed by atoms with E-state index in [1.165, 1.54) is 18.2 Å². The van der Waals surface area contributed by atoms with E-state index in [0.29, 0.717) is 10.2 Å². The molecule has 1 saturated carbocycles. The molecule has 0 spiro atoms. The van der Waals surface area contributed by atoms with Gasteiger partial charge in [-0.15, -0.1) is 0 Å². The van der Waals surface area contributed by atoms with E-state index >= 15 is 0 Å². The molecule has 1 aliphatic rings. The molecule has 104 valence electrons. The number of carbonyl (C=O) groups excluding carboxylic acids is 1. The van der Waals surface area contributed by atoms with Crippen molar-refractivity contribution in [1.29, 1.82) is 0 Å². The molecule has 1 aromatic carbocycles. The fraction of sp³-hybridized carbons (Fsp3) is 0.364. The maximum absolute atomic E-state index is 11.9. The number of halogens is 1. The first-order valence-corrected chi connectivity index (χ1v) is 8.00. The number of benzene rings is 1. The Balaban J connectivity index is 2.00. The van der Waals surface area contributed by atoms with Crippen LogP contribution in [-0.2, 0) is 14.8 Å². The number of hydrogen-bond donors (Lipinski definition) is 3. The van der Waals surface area contributed by atoms with Crippen molar-refractivity contribution in [2.75, 3.05) is 12.3 Å². The molecule has 0 aromatic heterocycles. The highest BCUT2D eigenvalue weighted by Gasteiger charge is 2.24. The molecule has 1 amide bonds. The monoisotopic (exact) mass is 347 g/mol. The summed E-state index contributed by atoms with van der Waals surface area (Å²) in [7, 11) is -3.71. The zero-order valence-electron chi connectivity index (χ0n) is 10.0. The topological polar surface area (TPSA) is 101 Å². The van der Waals surface area contributed by atoms with Gasteiger partial charge in [0.1, 0.15) is 0 Å². The van der Waals surface area contributed by atoms with Crippen molar-refractivity contribution in [3.63, 3.8) is 0 Å². The Morgan fingerprint density at radius 1 is 1.42 bits per heavy atom. The summed E-state index contributed by atoms with van der Waals surface area (Å²) in [5.74, 6) is -0.319. The molecule has 19 heavy (non-hydrogen) atoms. The number of anilines is 1. The van der Waals surface area contributed by atoms with Crippen LogP contribution in [0.1, 0.15) is 12.8 Å². The van der Waals surface area contributed by atoms with Crippen LogP contribution in [0.2, 0.25) is 0 Å². The first kappa shape index (κ1) is 14.3. The summed E-state index contributed by atoms with van der Waals surface area (Å²) in [5.41, 5.74) is 6.04. The standard InChI is InChI=1S/C11H14BrN3O3S/c12-9-5-8(3-4-10(9)13)19(17,18)14-6-11(16)15-7-1-2-7/h3-5,7,14H,1-2,6,13H2,(H,15,16). The van der Waals surface area contributed by atoms with Gasteiger partial charge in [0.15, 0.2) is 0 Å². The van der Waals surface area contributed by atoms with Gasteiger partial charge in [-0.2, -0.15) is 0 Å². The van der Waals surface area contributed by atoms with Gasteiger partial charge in [0.2, 0.25) is 15.9 Å². The molecule has 1 aromatic rings. The fourth-order valence-electron chi connectivity index (χ4n) is 1.43. The number of sulfonamides is 1. The summed E-state index contributed by atoms with van der Waals surface area (Å²) in [5, 5.41) is 2.70. The van der Waals surface area contributed by atoms with E-state index in [0.717, 1.165) is 12.8 Å². The van der Waals surface area contributed by atoms with E-state index in [-0.39, 0.29) is 23.4 Å². The lowest BCUT2D eigenvalue weighted by Crippen LogP contribution is -2.37. The third-order valence-corrected chi connectivity index (χ3v) is 4.73. The maximum atomic E-state index is 11.9. The maximum Gasteiger partial charge on any atom is 0.241 e. The second-order valence-electron chi connectivity index (χ2n) is 4.35. The quantitative estimate of drug-likeness (QED) is 0.678. The zero-order valence-corrected chi connectivity index (χ0v) is 12.4. The van der Waals surface area contributed by atoms with Gasteiger partial charge < -0.3 is 11.1 Å². The lowest BCUT2D eigenvalue weighted by molar-refractivity contribution is -0.120. The molecular weight excluding hydrogens is 334 g/mol. The van der Waals surface area contributed by atoms with Crippen LogP contribution in [0, 0.1) is 0 Å². The Kier molecular flexibility index (Phi) is 4.12. The molecule has 8 heteroatoms. The molecule has 0 unspecified atom stereocenters. The highest BCUT2D eigenvalue weighted by molar-refractivity contribution is 9.10. The minimum atomic E-state index is -3.71. The summed E-state index contributed by atoms with van der Waals surface area (Å²) in [6.45, 7) is -0.263. The Morgan fingerprint density at radius 2 is 2.11 bits per heavy atom. The predicted molar refractivity (Wildman–Crippen MR) is 74.9 cm³/mol. The van der Waals surface area contributed by atoms with Gasteiger partial charge in [0.25, 0.3) is 0 Å². The van der Waals surface area contributed by atoms with Gasteiger partial charge in [-0.3, -0.25) is 4.79 Å². The third kappa shape index (κ3) is 3.92. The fourth-order valence-corrected chi connectivity index (χ4v) is 2.96. The van der Waals surface area contributed by atoms with Gasteiger partial charge >= 0.3 is 0 Å². The van der Waals surface area contributed by atoms with Crippen molar-refractivity contribution in [3.05, 3.63) is 22.7 Å². The van der Waals surface area contributed by atoms with E-state index in [2.05, 4.69) is 26.0 Å². The molecule has 2 rings (SSSR count). The molecule has 1 fully saturated rings. The molecular formula is C11H14BrN3O3S. The van der Waals surface area contributed by atoms with Crippen molar-refractivity contribution >= 4 is 37.5 Å². The van der Waals surface area contributed by atoms with E-state index in [1.54, 1.807) is 0 Å². The van der Waals surface area contributed by atoms with Crippen LogP contribution in [0.5, 0.6) is 0 Å². The average Bonchev–Trinajstić information content (AvgIpc) is 3.14. The summed E-state index contributed by atoms with van der Waals surface area (Å²) in [6, 6.07) is 4.49. The Bertz CT molecular complexity index is 599. The van der Waals surface area contributed by atoms with Crippen LogP contribution in [0.4, 0.5) is 5.69 Å². The minimum Gasteiger partial charge on any atom is -0.398 e. The van der Waals surface area contributed by atoms with E-state index in [9.17, 15) is 13.2 Å². The number of amides is 1. The summed E-state index contributed by atoms with van der Waals surface area (Å²) < 4.78 is 26.6. The van der Waals surface area contributed by atoms with Gasteiger partial charge in [-0.1, -0.05) is 0 Å². The van der Waals surface area contributed by atoms with Crippen LogP contribution in [0.25, 0.3) is 0 Å². The SMILES string of the molecule is Nc1ccc(S(=O)(=O)NCC(=O)NC2CC2)cc1Br. The number of carbonyl (C=O) groups is 1. The first-order valence-electron chi connectivity index (χ1n) is 5.72. The molecule has 0 aliphatic heterocycles. The third-order valence-electron chi connectivity index (χ3n) is 2.65. The van der Waals surface area contributed by atoms with Crippen LogP contribution in [0.3, 0.4) is 0 Å². The number of rotatable bonds is 5. The zero-order chi connectivity index (χ0) is 14.0. The largest absolute Gasteiger partial charge is 0.398 e. The van der Waals surface area contributed by atoms with Crippen molar-refractivity contribution in [1.82, 2.24) is 10.0 Å². The number of nitrogen functional groups attached to an aromatic ring is 1. The highest BCUT2D eigenvalue weighted by atomic mass is 79.9. The van der Waals surface area contributed by atoms with Crippen molar-refractivity contribution < 1.29 is 13.2 Å². The summed E-state index contributed by atoms with van der Waals surface area (Å²) in [4.78, 5) is 11.5. The van der Waals surface area contributed by atoms with Gasteiger partial charge in [0.05, 0.1) is 11.4 Å². The predicted octanol–water partition coefficient (Wildman–Crippen LogP) is 0.588. The Hall–Kier alpha value is -1.12. The first-order chi connectivity index (χ1) is 8.88. The lowest BCUT2D eigenvalue weighted by Gasteiger charge is -2.08. The second kappa shape index (κ2) is 5.48. The summed E-state index contributed by atoms with van der Waals surface area (Å²) >= 11 is 3.16. The number of hydrogen-bond acceptors (Lipinski definition) is 4. The van der Waals surface area contributed by atoms with E-state index < -0.39 is 10.0 Å². The van der Waals surface area contributed by atoms with Crippen LogP contribution < -0.4 is 15.8 Å². The molecule has 4 N–H and O–H groups in total. The summed E-state index contributed by atoms with van der Waals surface area (Å²) in [6.07, 6.45) is 1.92. The van der Waals surface area contributed by atoms with Crippen molar-refractivity contribution in [2.24, 2.45) is 0 Å². The van der Waals surface area contributed by atoms with Crippen LogP contribution in [0.15, 0.2) is 27.6 Å². The smallest absolute Gasteiger partial charge is 0.241 e. The van der Waals surface area contributed by atoms with Crippen molar-refractivity contribution in [2.45, 2.75) is 23.8 Å². The van der Waals surface area contributed by atoms with E-state index in [1.807, 2.05) is 0 Å². The minimum absolute atomic E-state index is 0.0628. The molecule has 0 bridgehead atoms. The molecule has 0 heterocycles. The molecule has 0 atom stereocenters. The Labute approximate surface area is 119 Å². The molecule has 1 aliphatic carbocycles. The van der Waals surface area contributed by atoms with Crippen LogP contribution >= 0.6 is 15.9 Å². The highest BCUT2D eigenvalue weighted by Crippen LogP contribution is 2.23. The van der Waals surface area contributed by atoms with Gasteiger partial charge in [0, 0.05) is 16.2 Å². The van der Waals surface area contributed by atoms with Gasteiger partial charge in [-0.25, -0.2) is 13.1 Å². The normalized spacial score (nSPS) is 15.2. The average molecular weight is 348 g/mol. The molecule has 0 radical (unpaired) electrons.